The Kier molecular flexibility index (Phi) is 14.3. The molecule has 0 aromatic rings. The zero-order valence-electron chi connectivity index (χ0n) is 22.8. The average Bonchev–Trinajstić information content (AvgIpc) is 3.17. The first-order chi connectivity index (χ1) is 16.9. The Balaban J connectivity index is 0.00000190. The summed E-state index contributed by atoms with van der Waals surface area (Å²) in [4.78, 5) is 26.7. The second kappa shape index (κ2) is 15.4. The molecule has 2 aliphatic carbocycles. The number of carbonyl (C=O) groups excluding carboxylic acids is 2. The molecular formula is C28H43F3N2O3. The van der Waals surface area contributed by atoms with Crippen molar-refractivity contribution in [3.8, 4) is 12.8 Å². The lowest BCUT2D eigenvalue weighted by atomic mass is 9.96. The van der Waals surface area contributed by atoms with Gasteiger partial charge in [0, 0.05) is 25.0 Å². The normalized spacial score (nSPS) is 21.1. The van der Waals surface area contributed by atoms with Crippen molar-refractivity contribution in [2.75, 3.05) is 13.1 Å². The Morgan fingerprint density at radius 2 is 1.67 bits per heavy atom. The van der Waals surface area contributed by atoms with Crippen molar-refractivity contribution in [3.05, 3.63) is 34.9 Å². The summed E-state index contributed by atoms with van der Waals surface area (Å²) in [6.07, 6.45) is 9.73. The Morgan fingerprint density at radius 3 is 2.22 bits per heavy atom. The lowest BCUT2D eigenvalue weighted by Crippen LogP contribution is -2.41. The summed E-state index contributed by atoms with van der Waals surface area (Å²) < 4.78 is 44.2. The third kappa shape index (κ3) is 10.5. The number of rotatable bonds is 2. The van der Waals surface area contributed by atoms with Gasteiger partial charge in [0.05, 0.1) is 5.57 Å². The van der Waals surface area contributed by atoms with Gasteiger partial charge < -0.3 is 15.0 Å². The highest BCUT2D eigenvalue weighted by atomic mass is 19.4. The fourth-order valence-corrected chi connectivity index (χ4v) is 4.20. The van der Waals surface area contributed by atoms with Crippen LogP contribution in [0, 0.1) is 18.8 Å². The van der Waals surface area contributed by atoms with Crippen molar-refractivity contribution < 1.29 is 27.5 Å². The third-order valence-electron chi connectivity index (χ3n) is 5.66. The van der Waals surface area contributed by atoms with Crippen LogP contribution in [0.5, 0.6) is 0 Å². The van der Waals surface area contributed by atoms with Gasteiger partial charge in [0.25, 0.3) is 0 Å². The summed E-state index contributed by atoms with van der Waals surface area (Å²) >= 11 is 0. The summed E-state index contributed by atoms with van der Waals surface area (Å²) in [7, 11) is 0. The number of carbonyl (C=O) groups is 2. The topological polar surface area (TPSA) is 58.6 Å². The quantitative estimate of drug-likeness (QED) is 0.407. The number of allylic oxidation sites excluding steroid dienone is 4. The SMILES string of the molecule is C#C.CC.CC.CC(C)(C)OC(=O)N[C@@H]1CC[C@H](C(=O)N2CCC3=C(CC=C(C(F)(F)F)C=C3)C2)C1. The van der Waals surface area contributed by atoms with E-state index in [9.17, 15) is 22.8 Å². The second-order valence-electron chi connectivity index (χ2n) is 9.19. The predicted octanol–water partition coefficient (Wildman–Crippen LogP) is 6.96. The number of ether oxygens (including phenoxy) is 1. The van der Waals surface area contributed by atoms with E-state index in [2.05, 4.69) is 18.2 Å². The molecule has 8 heteroatoms. The van der Waals surface area contributed by atoms with Crippen molar-refractivity contribution in [2.24, 2.45) is 5.92 Å². The van der Waals surface area contributed by atoms with E-state index < -0.39 is 23.4 Å². The van der Waals surface area contributed by atoms with Gasteiger partial charge in [-0.15, -0.1) is 12.8 Å². The maximum atomic E-state index is 13.0. The maximum absolute atomic E-state index is 13.0. The Hall–Kier alpha value is -2.69. The van der Waals surface area contributed by atoms with Gasteiger partial charge >= 0.3 is 12.3 Å². The van der Waals surface area contributed by atoms with Crippen molar-refractivity contribution >= 4 is 12.0 Å². The summed E-state index contributed by atoms with van der Waals surface area (Å²) in [5.41, 5.74) is 0.545. The summed E-state index contributed by atoms with van der Waals surface area (Å²) in [6.45, 7) is 14.2. The van der Waals surface area contributed by atoms with Crippen LogP contribution in [0.1, 0.15) is 80.6 Å². The molecule has 1 fully saturated rings. The lowest BCUT2D eigenvalue weighted by molar-refractivity contribution is -0.135. The number of terminal acetylenes is 1. The zero-order chi connectivity index (χ0) is 28.1. The fraction of sp³-hybridized carbons (Fsp3) is 0.643. The molecule has 0 saturated heterocycles. The van der Waals surface area contributed by atoms with Gasteiger partial charge in [-0.3, -0.25) is 4.79 Å². The van der Waals surface area contributed by atoms with E-state index in [0.29, 0.717) is 38.8 Å². The van der Waals surface area contributed by atoms with Crippen LogP contribution in [0.15, 0.2) is 34.9 Å². The van der Waals surface area contributed by atoms with E-state index in [0.717, 1.165) is 17.2 Å². The number of nitrogens with zero attached hydrogens (tertiary/aromatic N) is 1. The molecule has 1 N–H and O–H groups in total. The molecule has 0 radical (unpaired) electrons. The molecular weight excluding hydrogens is 469 g/mol. The molecule has 0 unspecified atom stereocenters. The van der Waals surface area contributed by atoms with E-state index >= 15 is 0 Å². The second-order valence-corrected chi connectivity index (χ2v) is 9.19. The van der Waals surface area contributed by atoms with Crippen LogP contribution >= 0.6 is 0 Å². The molecule has 204 valence electrons. The largest absolute Gasteiger partial charge is 0.444 e. The van der Waals surface area contributed by atoms with Crippen LogP contribution in [0.2, 0.25) is 0 Å². The summed E-state index contributed by atoms with van der Waals surface area (Å²) in [5.74, 6) is -0.169. The Morgan fingerprint density at radius 1 is 1.06 bits per heavy atom. The highest BCUT2D eigenvalue weighted by Crippen LogP contribution is 2.34. The first kappa shape index (κ1) is 33.3. The Bertz CT molecular complexity index is 833. The summed E-state index contributed by atoms with van der Waals surface area (Å²) in [5, 5.41) is 2.83. The molecule has 0 bridgehead atoms. The molecule has 2 atom stereocenters. The monoisotopic (exact) mass is 512 g/mol. The van der Waals surface area contributed by atoms with Crippen LogP contribution in [-0.2, 0) is 9.53 Å². The molecule has 3 aliphatic rings. The minimum atomic E-state index is -4.36. The van der Waals surface area contributed by atoms with E-state index in [-0.39, 0.29) is 24.3 Å². The molecule has 1 aliphatic heterocycles. The van der Waals surface area contributed by atoms with Crippen LogP contribution in [-0.4, -0.2) is 47.8 Å². The number of hydrogen-bond donors (Lipinski definition) is 1. The average molecular weight is 513 g/mol. The number of nitrogens with one attached hydrogen (secondary N) is 1. The lowest BCUT2D eigenvalue weighted by Gasteiger charge is -2.31. The molecule has 3 rings (SSSR count). The van der Waals surface area contributed by atoms with Crippen molar-refractivity contribution in [2.45, 2.75) is 98.4 Å². The first-order valence-electron chi connectivity index (χ1n) is 12.7. The van der Waals surface area contributed by atoms with Crippen LogP contribution in [0.4, 0.5) is 18.0 Å². The van der Waals surface area contributed by atoms with Gasteiger partial charge in [-0.2, -0.15) is 13.2 Å². The van der Waals surface area contributed by atoms with Crippen LogP contribution in [0.3, 0.4) is 0 Å². The molecule has 0 aromatic carbocycles. The van der Waals surface area contributed by atoms with Gasteiger partial charge in [-0.05, 0) is 64.0 Å². The van der Waals surface area contributed by atoms with E-state index in [1.165, 1.54) is 6.08 Å². The number of hydrogen-bond acceptors (Lipinski definition) is 3. The van der Waals surface area contributed by atoms with Crippen molar-refractivity contribution in [1.82, 2.24) is 10.2 Å². The van der Waals surface area contributed by atoms with E-state index in [1.54, 1.807) is 31.7 Å². The first-order valence-corrected chi connectivity index (χ1v) is 12.7. The van der Waals surface area contributed by atoms with Crippen molar-refractivity contribution in [1.29, 1.82) is 0 Å². The molecule has 1 saturated carbocycles. The van der Waals surface area contributed by atoms with Gasteiger partial charge in [0.15, 0.2) is 0 Å². The van der Waals surface area contributed by atoms with Crippen LogP contribution < -0.4 is 5.32 Å². The van der Waals surface area contributed by atoms with Crippen molar-refractivity contribution in [3.63, 3.8) is 0 Å². The highest BCUT2D eigenvalue weighted by Gasteiger charge is 2.36. The van der Waals surface area contributed by atoms with Gasteiger partial charge in [-0.1, -0.05) is 45.9 Å². The minimum absolute atomic E-state index is 0.0169. The Labute approximate surface area is 215 Å². The van der Waals surface area contributed by atoms with Gasteiger partial charge in [0.1, 0.15) is 5.60 Å². The molecule has 0 aromatic heterocycles. The number of amides is 2. The van der Waals surface area contributed by atoms with Crippen LogP contribution in [0.25, 0.3) is 0 Å². The van der Waals surface area contributed by atoms with Gasteiger partial charge in [-0.25, -0.2) is 4.79 Å². The predicted molar refractivity (Wildman–Crippen MR) is 139 cm³/mol. The third-order valence-corrected chi connectivity index (χ3v) is 5.66. The number of alkyl carbamates (subject to hydrolysis) is 1. The molecule has 0 spiro atoms. The molecule has 1 heterocycles. The standard InChI is InChI=1S/C22H29F3N2O3.2C2H6.C2H2/c1-21(2,3)30-20(29)26-18-9-6-15(12-18)19(28)27-11-10-14-4-7-17(22(23,24)25)8-5-16(14)13-27;3*1-2/h4,7-8,15,18H,5-6,9-13H2,1-3H3,(H,26,29);2*1-2H3;1-2H/t15-,18+;;;/m0.../s1. The fourth-order valence-electron chi connectivity index (χ4n) is 4.20. The highest BCUT2D eigenvalue weighted by molar-refractivity contribution is 5.80. The zero-order valence-corrected chi connectivity index (χ0v) is 22.8. The minimum Gasteiger partial charge on any atom is -0.444 e. The summed E-state index contributed by atoms with van der Waals surface area (Å²) in [6, 6.07) is -0.105. The maximum Gasteiger partial charge on any atom is 0.416 e. The number of halogens is 3. The molecule has 2 amide bonds. The molecule has 5 nitrogen and oxygen atoms in total. The van der Waals surface area contributed by atoms with Gasteiger partial charge in [0.2, 0.25) is 5.91 Å². The van der Waals surface area contributed by atoms with E-state index in [4.69, 9.17) is 4.74 Å². The number of alkyl halides is 3. The smallest absolute Gasteiger partial charge is 0.416 e. The molecule has 36 heavy (non-hydrogen) atoms. The van der Waals surface area contributed by atoms with E-state index in [1.807, 2.05) is 27.7 Å².